The molecule has 2 aliphatic rings. The van der Waals surface area contributed by atoms with Crippen molar-refractivity contribution >= 4 is 33.2 Å². The third-order valence-corrected chi connectivity index (χ3v) is 7.32. The van der Waals surface area contributed by atoms with E-state index in [1.165, 1.54) is 6.07 Å². The maximum atomic E-state index is 13.0. The van der Waals surface area contributed by atoms with E-state index in [2.05, 4.69) is 4.90 Å². The SMILES string of the molecule is O=S(=O)(c1cccc(Cl)c1Cl)N1CCCC1CN1CCOCC1. The molecule has 0 amide bonds. The minimum absolute atomic E-state index is 0.0202. The van der Waals surface area contributed by atoms with Crippen molar-refractivity contribution in [2.75, 3.05) is 39.4 Å². The van der Waals surface area contributed by atoms with Gasteiger partial charge in [0.05, 0.1) is 23.3 Å². The van der Waals surface area contributed by atoms with Crippen molar-refractivity contribution in [3.05, 3.63) is 28.2 Å². The molecule has 1 unspecified atom stereocenters. The first kappa shape index (κ1) is 17.5. The number of sulfonamides is 1. The van der Waals surface area contributed by atoms with Gasteiger partial charge in [0, 0.05) is 32.2 Å². The molecule has 128 valence electrons. The van der Waals surface area contributed by atoms with Gasteiger partial charge in [-0.25, -0.2) is 8.42 Å². The van der Waals surface area contributed by atoms with E-state index in [9.17, 15) is 8.42 Å². The number of morpholine rings is 1. The summed E-state index contributed by atoms with van der Waals surface area (Å²) in [4.78, 5) is 2.36. The first-order chi connectivity index (χ1) is 11.0. The molecule has 8 heteroatoms. The minimum Gasteiger partial charge on any atom is -0.379 e. The van der Waals surface area contributed by atoms with Crippen LogP contribution in [-0.4, -0.2) is 63.1 Å². The van der Waals surface area contributed by atoms with Crippen LogP contribution in [0.25, 0.3) is 0 Å². The second-order valence-electron chi connectivity index (χ2n) is 5.88. The zero-order chi connectivity index (χ0) is 16.4. The second-order valence-corrected chi connectivity index (χ2v) is 8.52. The van der Waals surface area contributed by atoms with Crippen molar-refractivity contribution in [1.82, 2.24) is 9.21 Å². The lowest BCUT2D eigenvalue weighted by atomic mass is 10.2. The molecule has 23 heavy (non-hydrogen) atoms. The Hall–Kier alpha value is -0.370. The van der Waals surface area contributed by atoms with Crippen molar-refractivity contribution < 1.29 is 13.2 Å². The van der Waals surface area contributed by atoms with Gasteiger partial charge in [-0.2, -0.15) is 4.31 Å². The van der Waals surface area contributed by atoms with E-state index in [0.717, 1.165) is 32.5 Å². The van der Waals surface area contributed by atoms with E-state index in [4.69, 9.17) is 27.9 Å². The molecule has 0 N–H and O–H groups in total. The van der Waals surface area contributed by atoms with Crippen LogP contribution in [0.5, 0.6) is 0 Å². The largest absolute Gasteiger partial charge is 0.379 e. The molecule has 2 aliphatic heterocycles. The van der Waals surface area contributed by atoms with E-state index in [1.54, 1.807) is 16.4 Å². The lowest BCUT2D eigenvalue weighted by molar-refractivity contribution is 0.0312. The van der Waals surface area contributed by atoms with Crippen LogP contribution in [0.1, 0.15) is 12.8 Å². The Morgan fingerprint density at radius 1 is 1.17 bits per heavy atom. The summed E-state index contributed by atoms with van der Waals surface area (Å²) in [7, 11) is -3.63. The molecule has 0 spiro atoms. The molecule has 0 bridgehead atoms. The smallest absolute Gasteiger partial charge is 0.244 e. The van der Waals surface area contributed by atoms with Crippen molar-refractivity contribution in [2.45, 2.75) is 23.8 Å². The molecule has 0 aliphatic carbocycles. The van der Waals surface area contributed by atoms with Crippen LogP contribution in [0, 0.1) is 0 Å². The van der Waals surface area contributed by atoms with Crippen LogP contribution in [0.4, 0.5) is 0 Å². The standard InChI is InChI=1S/C15H20Cl2N2O3S/c16-13-4-1-5-14(15(13)17)23(20,21)19-6-2-3-12(19)11-18-7-9-22-10-8-18/h1,4-5,12H,2-3,6-11H2. The average molecular weight is 379 g/mol. The zero-order valence-electron chi connectivity index (χ0n) is 12.7. The Kier molecular flexibility index (Phi) is 5.50. The number of hydrogen-bond donors (Lipinski definition) is 0. The van der Waals surface area contributed by atoms with E-state index in [1.807, 2.05) is 0 Å². The second kappa shape index (κ2) is 7.25. The first-order valence-corrected chi connectivity index (χ1v) is 9.95. The van der Waals surface area contributed by atoms with Crippen molar-refractivity contribution in [3.8, 4) is 0 Å². The molecule has 2 heterocycles. The highest BCUT2D eigenvalue weighted by Gasteiger charge is 2.37. The van der Waals surface area contributed by atoms with Gasteiger partial charge < -0.3 is 4.74 Å². The fourth-order valence-corrected chi connectivity index (χ4v) is 5.62. The zero-order valence-corrected chi connectivity index (χ0v) is 15.1. The number of hydrogen-bond acceptors (Lipinski definition) is 4. The van der Waals surface area contributed by atoms with Crippen molar-refractivity contribution in [2.24, 2.45) is 0 Å². The third kappa shape index (κ3) is 3.67. The summed E-state index contributed by atoms with van der Waals surface area (Å²) >= 11 is 12.1. The summed E-state index contributed by atoms with van der Waals surface area (Å²) < 4.78 is 32.9. The molecule has 2 fully saturated rings. The van der Waals surface area contributed by atoms with Crippen molar-refractivity contribution in [3.63, 3.8) is 0 Å². The number of halogens is 2. The Morgan fingerprint density at radius 3 is 2.65 bits per heavy atom. The summed E-state index contributed by atoms with van der Waals surface area (Å²) in [5.74, 6) is 0. The maximum absolute atomic E-state index is 13.0. The highest BCUT2D eigenvalue weighted by atomic mass is 35.5. The lowest BCUT2D eigenvalue weighted by Gasteiger charge is -2.32. The Bertz CT molecular complexity index is 663. The van der Waals surface area contributed by atoms with Gasteiger partial charge in [-0.15, -0.1) is 0 Å². The number of nitrogens with zero attached hydrogens (tertiary/aromatic N) is 2. The molecule has 0 saturated carbocycles. The molecule has 1 aromatic rings. The summed E-state index contributed by atoms with van der Waals surface area (Å²) in [6.45, 7) is 4.38. The van der Waals surface area contributed by atoms with Crippen molar-refractivity contribution in [1.29, 1.82) is 0 Å². The summed E-state index contributed by atoms with van der Waals surface area (Å²) in [6.07, 6.45) is 1.74. The van der Waals surface area contributed by atoms with Gasteiger partial charge in [0.2, 0.25) is 10.0 Å². The molecule has 2 saturated heterocycles. The predicted molar refractivity (Wildman–Crippen MR) is 90.6 cm³/mol. The van der Waals surface area contributed by atoms with E-state index < -0.39 is 10.0 Å². The van der Waals surface area contributed by atoms with Gasteiger partial charge in [0.1, 0.15) is 4.90 Å². The Balaban J connectivity index is 1.81. The molecule has 3 rings (SSSR count). The number of benzene rings is 1. The Morgan fingerprint density at radius 2 is 1.91 bits per heavy atom. The summed E-state index contributed by atoms with van der Waals surface area (Å²) in [5.41, 5.74) is 0. The maximum Gasteiger partial charge on any atom is 0.244 e. The van der Waals surface area contributed by atoms with Crippen LogP contribution in [0.2, 0.25) is 10.0 Å². The number of ether oxygens (including phenoxy) is 1. The average Bonchev–Trinajstić information content (AvgIpc) is 3.00. The van der Waals surface area contributed by atoms with Crippen LogP contribution >= 0.6 is 23.2 Å². The van der Waals surface area contributed by atoms with Gasteiger partial charge in [0.25, 0.3) is 0 Å². The molecule has 0 aromatic heterocycles. The number of rotatable bonds is 4. The van der Waals surface area contributed by atoms with Gasteiger partial charge >= 0.3 is 0 Å². The fourth-order valence-electron chi connectivity index (χ4n) is 3.20. The molecular formula is C15H20Cl2N2O3S. The molecule has 1 aromatic carbocycles. The molecule has 5 nitrogen and oxygen atoms in total. The normalized spacial score (nSPS) is 24.2. The predicted octanol–water partition coefficient (Wildman–Crippen LogP) is 2.48. The third-order valence-electron chi connectivity index (χ3n) is 4.40. The highest BCUT2D eigenvalue weighted by Crippen LogP contribution is 2.34. The van der Waals surface area contributed by atoms with Crippen LogP contribution in [-0.2, 0) is 14.8 Å². The first-order valence-electron chi connectivity index (χ1n) is 7.76. The van der Waals surface area contributed by atoms with E-state index in [0.29, 0.717) is 19.8 Å². The highest BCUT2D eigenvalue weighted by molar-refractivity contribution is 7.89. The van der Waals surface area contributed by atoms with E-state index in [-0.39, 0.29) is 21.0 Å². The Labute approximate surface area is 147 Å². The van der Waals surface area contributed by atoms with Gasteiger partial charge in [-0.3, -0.25) is 4.90 Å². The topological polar surface area (TPSA) is 49.9 Å². The van der Waals surface area contributed by atoms with Crippen LogP contribution in [0.15, 0.2) is 23.1 Å². The van der Waals surface area contributed by atoms with Gasteiger partial charge in [-0.1, -0.05) is 29.3 Å². The van der Waals surface area contributed by atoms with E-state index >= 15 is 0 Å². The van der Waals surface area contributed by atoms with Gasteiger partial charge in [0.15, 0.2) is 0 Å². The fraction of sp³-hybridized carbons (Fsp3) is 0.600. The van der Waals surface area contributed by atoms with Gasteiger partial charge in [-0.05, 0) is 25.0 Å². The molecule has 1 atom stereocenters. The monoisotopic (exact) mass is 378 g/mol. The molecular weight excluding hydrogens is 359 g/mol. The van der Waals surface area contributed by atoms with Crippen LogP contribution in [0.3, 0.4) is 0 Å². The minimum atomic E-state index is -3.63. The quantitative estimate of drug-likeness (QED) is 0.807. The molecule has 0 radical (unpaired) electrons. The lowest BCUT2D eigenvalue weighted by Crippen LogP contribution is -2.46. The summed E-state index contributed by atoms with van der Waals surface area (Å²) in [6, 6.07) is 4.72. The van der Waals surface area contributed by atoms with Crippen LogP contribution < -0.4 is 0 Å². The summed E-state index contributed by atoms with van der Waals surface area (Å²) in [5, 5.41) is 0.364.